The fraction of sp³-hybridized carbons (Fsp3) is 0.143. The molecule has 1 aromatic heterocycles. The summed E-state index contributed by atoms with van der Waals surface area (Å²) in [6, 6.07) is 1.18. The number of pyridine rings is 1. The molecule has 0 bridgehead atoms. The maximum absolute atomic E-state index is 12.3. The summed E-state index contributed by atoms with van der Waals surface area (Å²) in [7, 11) is 0. The lowest BCUT2D eigenvalue weighted by atomic mass is 10.2. The molecule has 0 radical (unpaired) electrons. The summed E-state index contributed by atoms with van der Waals surface area (Å²) in [6.45, 7) is 0. The molecule has 0 atom stereocenters. The van der Waals surface area contributed by atoms with Gasteiger partial charge in [-0.2, -0.15) is 0 Å². The predicted molar refractivity (Wildman–Crippen MR) is 52.1 cm³/mol. The van der Waals surface area contributed by atoms with Crippen LogP contribution in [-0.4, -0.2) is 10.2 Å². The first-order valence-electron chi connectivity index (χ1n) is 3.27. The molecule has 0 aliphatic carbocycles. The Kier molecular flexibility index (Phi) is 3.80. The minimum absolute atomic E-state index is 0.0844. The van der Waals surface area contributed by atoms with Gasteiger partial charge in [-0.3, -0.25) is 4.79 Å². The van der Waals surface area contributed by atoms with Crippen molar-refractivity contribution in [3.8, 4) is 0 Å². The molecule has 2 nitrogen and oxygen atoms in total. The van der Waals surface area contributed by atoms with E-state index in [1.807, 2.05) is 0 Å². The molecule has 0 unspecified atom stereocenters. The molecule has 1 aromatic rings. The number of carbonyl (C=O) groups excluding carboxylic acids is 1. The van der Waals surface area contributed by atoms with Crippen molar-refractivity contribution >= 4 is 44.4 Å². The molecule has 14 heavy (non-hydrogen) atoms. The van der Waals surface area contributed by atoms with Gasteiger partial charge in [0.2, 0.25) is 0 Å². The zero-order valence-electron chi connectivity index (χ0n) is 6.40. The summed E-state index contributed by atoms with van der Waals surface area (Å²) < 4.78 is 24.7. The third-order valence-electron chi connectivity index (χ3n) is 1.37. The number of aromatic nitrogens is 1. The summed E-state index contributed by atoms with van der Waals surface area (Å²) >= 11 is 13.5. The van der Waals surface area contributed by atoms with Gasteiger partial charge < -0.3 is 0 Å². The lowest BCUT2D eigenvalue weighted by Crippen LogP contribution is -1.99. The number of carbonyl (C=O) groups is 1. The Bertz CT molecular complexity index is 386. The normalized spacial score (nSPS) is 10.7. The second-order valence-electron chi connectivity index (χ2n) is 2.27. The van der Waals surface area contributed by atoms with Crippen LogP contribution in [0.5, 0.6) is 0 Å². The fourth-order valence-electron chi connectivity index (χ4n) is 0.804. The van der Waals surface area contributed by atoms with Gasteiger partial charge in [-0.15, -0.1) is 0 Å². The van der Waals surface area contributed by atoms with Gasteiger partial charge in [-0.25, -0.2) is 13.8 Å². The lowest BCUT2D eigenvalue weighted by molar-refractivity contribution is 0.108. The van der Waals surface area contributed by atoms with E-state index >= 15 is 0 Å². The van der Waals surface area contributed by atoms with Crippen LogP contribution >= 0.6 is 39.1 Å². The molecule has 76 valence electrons. The van der Waals surface area contributed by atoms with E-state index in [1.54, 1.807) is 0 Å². The average Bonchev–Trinajstić information content (AvgIpc) is 2.07. The summed E-state index contributed by atoms with van der Waals surface area (Å²) in [6.07, 6.45) is -2.85. The SMILES string of the molecule is O=C(Cl)c1cc(Br)nc(C(F)F)c1Cl. The molecule has 0 aromatic carbocycles. The average molecular weight is 305 g/mol. The van der Waals surface area contributed by atoms with Gasteiger partial charge in [-0.1, -0.05) is 11.6 Å². The second kappa shape index (κ2) is 4.51. The van der Waals surface area contributed by atoms with Gasteiger partial charge in [0, 0.05) is 0 Å². The maximum Gasteiger partial charge on any atom is 0.281 e. The van der Waals surface area contributed by atoms with E-state index in [9.17, 15) is 13.6 Å². The number of alkyl halides is 2. The fourth-order valence-corrected chi connectivity index (χ4v) is 1.69. The number of nitrogens with zero attached hydrogens (tertiary/aromatic N) is 1. The van der Waals surface area contributed by atoms with Crippen LogP contribution in [0, 0.1) is 0 Å². The van der Waals surface area contributed by atoms with E-state index in [0.717, 1.165) is 0 Å². The largest absolute Gasteiger partial charge is 0.281 e. The number of hydrogen-bond acceptors (Lipinski definition) is 2. The van der Waals surface area contributed by atoms with Crippen LogP contribution in [-0.2, 0) is 0 Å². The Hall–Kier alpha value is -0.260. The van der Waals surface area contributed by atoms with E-state index in [1.165, 1.54) is 6.07 Å². The Balaban J connectivity index is 3.40. The zero-order valence-corrected chi connectivity index (χ0v) is 9.50. The molecular weight excluding hydrogens is 303 g/mol. The van der Waals surface area contributed by atoms with Crippen LogP contribution in [0.3, 0.4) is 0 Å². The van der Waals surface area contributed by atoms with Crippen molar-refractivity contribution < 1.29 is 13.6 Å². The topological polar surface area (TPSA) is 30.0 Å². The molecular formula is C7H2BrCl2F2NO. The first-order valence-corrected chi connectivity index (χ1v) is 4.82. The summed E-state index contributed by atoms with van der Waals surface area (Å²) in [5, 5.41) is -1.32. The maximum atomic E-state index is 12.3. The molecule has 0 saturated heterocycles. The van der Waals surface area contributed by atoms with Crippen molar-refractivity contribution in [1.29, 1.82) is 0 Å². The smallest absolute Gasteiger partial charge is 0.276 e. The van der Waals surface area contributed by atoms with Gasteiger partial charge in [0.25, 0.3) is 11.7 Å². The van der Waals surface area contributed by atoms with Crippen LogP contribution in [0.2, 0.25) is 5.02 Å². The molecule has 1 heterocycles. The van der Waals surface area contributed by atoms with Crippen molar-refractivity contribution in [2.75, 3.05) is 0 Å². The van der Waals surface area contributed by atoms with Crippen molar-refractivity contribution in [3.63, 3.8) is 0 Å². The van der Waals surface area contributed by atoms with Crippen LogP contribution in [0.1, 0.15) is 22.5 Å². The van der Waals surface area contributed by atoms with Crippen molar-refractivity contribution in [2.24, 2.45) is 0 Å². The molecule has 0 N–H and O–H groups in total. The Morgan fingerprint density at radius 2 is 2.14 bits per heavy atom. The summed E-state index contributed by atoms with van der Waals surface area (Å²) in [4.78, 5) is 14.2. The molecule has 7 heteroatoms. The first kappa shape index (κ1) is 11.8. The Morgan fingerprint density at radius 3 is 2.57 bits per heavy atom. The standard InChI is InChI=1S/C7H2BrCl2F2NO/c8-3-1-2(6(10)14)4(9)5(13-3)7(11)12/h1,7H. The number of halogens is 5. The van der Waals surface area contributed by atoms with Gasteiger partial charge >= 0.3 is 0 Å². The van der Waals surface area contributed by atoms with E-state index in [0.29, 0.717) is 0 Å². The molecule has 0 aliphatic heterocycles. The van der Waals surface area contributed by atoms with Crippen LogP contribution < -0.4 is 0 Å². The van der Waals surface area contributed by atoms with Crippen molar-refractivity contribution in [1.82, 2.24) is 4.98 Å². The molecule has 0 fully saturated rings. The molecule has 0 saturated carbocycles. The van der Waals surface area contributed by atoms with Crippen LogP contribution in [0.15, 0.2) is 10.7 Å². The van der Waals surface area contributed by atoms with E-state index in [4.69, 9.17) is 23.2 Å². The first-order chi connectivity index (χ1) is 6.43. The minimum atomic E-state index is -2.85. The third-order valence-corrected chi connectivity index (χ3v) is 2.38. The number of hydrogen-bond donors (Lipinski definition) is 0. The minimum Gasteiger partial charge on any atom is -0.276 e. The van der Waals surface area contributed by atoms with Crippen LogP contribution in [0.25, 0.3) is 0 Å². The predicted octanol–water partition coefficient (Wildman–Crippen LogP) is 3.81. The third kappa shape index (κ3) is 2.40. The summed E-state index contributed by atoms with van der Waals surface area (Å²) in [5.74, 6) is 0. The summed E-state index contributed by atoms with van der Waals surface area (Å²) in [5.41, 5.74) is -0.851. The van der Waals surface area contributed by atoms with E-state index in [-0.39, 0.29) is 10.2 Å². The molecule has 0 amide bonds. The van der Waals surface area contributed by atoms with Gasteiger partial charge in [-0.05, 0) is 33.6 Å². The van der Waals surface area contributed by atoms with E-state index < -0.39 is 22.4 Å². The zero-order chi connectivity index (χ0) is 10.9. The van der Waals surface area contributed by atoms with Gasteiger partial charge in [0.1, 0.15) is 10.3 Å². The molecule has 0 spiro atoms. The number of rotatable bonds is 2. The molecule has 1 rings (SSSR count). The highest BCUT2D eigenvalue weighted by atomic mass is 79.9. The Morgan fingerprint density at radius 1 is 1.57 bits per heavy atom. The van der Waals surface area contributed by atoms with Crippen LogP contribution in [0.4, 0.5) is 8.78 Å². The van der Waals surface area contributed by atoms with E-state index in [2.05, 4.69) is 20.9 Å². The molecule has 0 aliphatic rings. The van der Waals surface area contributed by atoms with Gasteiger partial charge in [0.15, 0.2) is 0 Å². The highest BCUT2D eigenvalue weighted by Crippen LogP contribution is 2.30. The highest BCUT2D eigenvalue weighted by Gasteiger charge is 2.20. The monoisotopic (exact) mass is 303 g/mol. The second-order valence-corrected chi connectivity index (χ2v) is 3.80. The quantitative estimate of drug-likeness (QED) is 0.614. The van der Waals surface area contributed by atoms with Gasteiger partial charge in [0.05, 0.1) is 10.6 Å². The van der Waals surface area contributed by atoms with Crippen molar-refractivity contribution in [2.45, 2.75) is 6.43 Å². The Labute approximate surface area is 96.3 Å². The lowest BCUT2D eigenvalue weighted by Gasteiger charge is -2.05. The van der Waals surface area contributed by atoms with Crippen molar-refractivity contribution in [3.05, 3.63) is 26.9 Å². The highest BCUT2D eigenvalue weighted by molar-refractivity contribution is 9.10.